The molecule has 2 rings (SSSR count). The molecule has 0 amide bonds. The number of hydrogen-bond donors (Lipinski definition) is 0. The fraction of sp³-hybridized carbons (Fsp3) is 0.278. The summed E-state index contributed by atoms with van der Waals surface area (Å²) in [7, 11) is 4.46. The van der Waals surface area contributed by atoms with Crippen LogP contribution in [0, 0.1) is 0 Å². The number of methoxy groups -OCH3 is 3. The van der Waals surface area contributed by atoms with Crippen LogP contribution >= 0.6 is 0 Å². The van der Waals surface area contributed by atoms with Crippen LogP contribution in [-0.2, 0) is 0 Å². The standard InChI is InChI=1S/C18H19NO5/c1-22-16-9-13(10-17(23-2)18(16)24-3)15(21)7-6-14(20)12-5-4-8-19-11-12/h4-5,8-11H,6-7H2,1-3H3. The van der Waals surface area contributed by atoms with E-state index in [2.05, 4.69) is 4.98 Å². The molecule has 1 heterocycles. The lowest BCUT2D eigenvalue weighted by molar-refractivity contribution is 0.0917. The number of benzene rings is 1. The van der Waals surface area contributed by atoms with Gasteiger partial charge >= 0.3 is 0 Å². The molecule has 0 atom stereocenters. The molecule has 0 radical (unpaired) electrons. The molecule has 6 nitrogen and oxygen atoms in total. The number of Topliss-reactive ketones (excluding diaryl/α,β-unsaturated/α-hetero) is 2. The first-order chi connectivity index (χ1) is 11.6. The van der Waals surface area contributed by atoms with Crippen molar-refractivity contribution in [3.63, 3.8) is 0 Å². The first-order valence-corrected chi connectivity index (χ1v) is 7.37. The zero-order chi connectivity index (χ0) is 17.5. The third-order valence-corrected chi connectivity index (χ3v) is 3.55. The van der Waals surface area contributed by atoms with Gasteiger partial charge in [0.05, 0.1) is 21.3 Å². The van der Waals surface area contributed by atoms with E-state index >= 15 is 0 Å². The molecule has 24 heavy (non-hydrogen) atoms. The van der Waals surface area contributed by atoms with Crippen molar-refractivity contribution in [1.29, 1.82) is 0 Å². The van der Waals surface area contributed by atoms with Gasteiger partial charge in [0, 0.05) is 36.4 Å². The highest BCUT2D eigenvalue weighted by atomic mass is 16.5. The van der Waals surface area contributed by atoms with Gasteiger partial charge in [-0.1, -0.05) is 0 Å². The number of hydrogen-bond acceptors (Lipinski definition) is 6. The number of nitrogens with zero attached hydrogens (tertiary/aromatic N) is 1. The molecule has 0 fully saturated rings. The van der Waals surface area contributed by atoms with E-state index in [9.17, 15) is 9.59 Å². The topological polar surface area (TPSA) is 74.7 Å². The lowest BCUT2D eigenvalue weighted by Crippen LogP contribution is -2.06. The fourth-order valence-corrected chi connectivity index (χ4v) is 2.29. The SMILES string of the molecule is COc1cc(C(=O)CCC(=O)c2cccnc2)cc(OC)c1OC. The van der Waals surface area contributed by atoms with Gasteiger partial charge in [-0.15, -0.1) is 0 Å². The number of pyridine rings is 1. The molecule has 0 saturated carbocycles. The average Bonchev–Trinajstić information content (AvgIpc) is 2.65. The van der Waals surface area contributed by atoms with Crippen LogP contribution in [0.4, 0.5) is 0 Å². The van der Waals surface area contributed by atoms with Gasteiger partial charge in [0.25, 0.3) is 0 Å². The van der Waals surface area contributed by atoms with E-state index in [4.69, 9.17) is 14.2 Å². The van der Waals surface area contributed by atoms with Gasteiger partial charge in [-0.2, -0.15) is 0 Å². The van der Waals surface area contributed by atoms with E-state index < -0.39 is 0 Å². The molecule has 1 aromatic heterocycles. The molecule has 0 unspecified atom stereocenters. The Balaban J connectivity index is 2.13. The maximum atomic E-state index is 12.4. The van der Waals surface area contributed by atoms with E-state index in [-0.39, 0.29) is 24.4 Å². The summed E-state index contributed by atoms with van der Waals surface area (Å²) in [5, 5.41) is 0. The van der Waals surface area contributed by atoms with Gasteiger partial charge in [0.2, 0.25) is 5.75 Å². The molecule has 6 heteroatoms. The second-order valence-corrected chi connectivity index (χ2v) is 5.00. The number of aromatic nitrogens is 1. The van der Waals surface area contributed by atoms with Gasteiger partial charge in [0.1, 0.15) is 0 Å². The summed E-state index contributed by atoms with van der Waals surface area (Å²) in [6.07, 6.45) is 3.29. The van der Waals surface area contributed by atoms with Crippen molar-refractivity contribution in [2.75, 3.05) is 21.3 Å². The highest BCUT2D eigenvalue weighted by Gasteiger charge is 2.18. The van der Waals surface area contributed by atoms with Crippen LogP contribution in [-0.4, -0.2) is 37.9 Å². The highest BCUT2D eigenvalue weighted by molar-refractivity contribution is 6.02. The normalized spacial score (nSPS) is 10.1. The molecule has 1 aromatic carbocycles. The summed E-state index contributed by atoms with van der Waals surface area (Å²) >= 11 is 0. The Labute approximate surface area is 140 Å². The second kappa shape index (κ2) is 8.10. The Kier molecular flexibility index (Phi) is 5.89. The third kappa shape index (κ3) is 3.90. The van der Waals surface area contributed by atoms with Crippen molar-refractivity contribution >= 4 is 11.6 Å². The predicted molar refractivity (Wildman–Crippen MR) is 88.2 cm³/mol. The zero-order valence-electron chi connectivity index (χ0n) is 13.9. The van der Waals surface area contributed by atoms with Gasteiger partial charge < -0.3 is 14.2 Å². The van der Waals surface area contributed by atoms with Crippen molar-refractivity contribution in [1.82, 2.24) is 4.98 Å². The van der Waals surface area contributed by atoms with Crippen molar-refractivity contribution in [3.05, 3.63) is 47.8 Å². The summed E-state index contributed by atoms with van der Waals surface area (Å²) < 4.78 is 15.7. The Morgan fingerprint density at radius 1 is 0.917 bits per heavy atom. The molecule has 0 N–H and O–H groups in total. The molecule has 0 spiro atoms. The minimum atomic E-state index is -0.175. The first kappa shape index (κ1) is 17.5. The number of ketones is 2. The van der Waals surface area contributed by atoms with Gasteiger partial charge in [-0.05, 0) is 24.3 Å². The Hall–Kier alpha value is -2.89. The van der Waals surface area contributed by atoms with Gasteiger partial charge in [-0.3, -0.25) is 14.6 Å². The van der Waals surface area contributed by atoms with E-state index in [1.165, 1.54) is 27.5 Å². The van der Waals surface area contributed by atoms with Crippen LogP contribution in [0.5, 0.6) is 17.2 Å². The third-order valence-electron chi connectivity index (χ3n) is 3.55. The van der Waals surface area contributed by atoms with Crippen LogP contribution in [0.25, 0.3) is 0 Å². The minimum absolute atomic E-state index is 0.0896. The lowest BCUT2D eigenvalue weighted by atomic mass is 10.0. The summed E-state index contributed by atoms with van der Waals surface area (Å²) in [4.78, 5) is 28.4. The number of ether oxygens (including phenoxy) is 3. The molecular weight excluding hydrogens is 310 g/mol. The number of carbonyl (C=O) groups excluding carboxylic acids is 2. The maximum absolute atomic E-state index is 12.4. The molecule has 0 aliphatic heterocycles. The first-order valence-electron chi connectivity index (χ1n) is 7.37. The summed E-state index contributed by atoms with van der Waals surface area (Å²) in [5.41, 5.74) is 0.902. The van der Waals surface area contributed by atoms with Crippen LogP contribution in [0.1, 0.15) is 33.6 Å². The van der Waals surface area contributed by atoms with Crippen LogP contribution in [0.3, 0.4) is 0 Å². The van der Waals surface area contributed by atoms with E-state index in [0.29, 0.717) is 28.4 Å². The summed E-state index contributed by atoms with van der Waals surface area (Å²) in [5.74, 6) is 0.927. The summed E-state index contributed by atoms with van der Waals surface area (Å²) in [6, 6.07) is 6.53. The second-order valence-electron chi connectivity index (χ2n) is 5.00. The minimum Gasteiger partial charge on any atom is -0.493 e. The lowest BCUT2D eigenvalue weighted by Gasteiger charge is -2.13. The fourth-order valence-electron chi connectivity index (χ4n) is 2.29. The van der Waals surface area contributed by atoms with Crippen molar-refractivity contribution in [3.8, 4) is 17.2 Å². The van der Waals surface area contributed by atoms with Gasteiger partial charge in [-0.25, -0.2) is 0 Å². The largest absolute Gasteiger partial charge is 0.493 e. The highest BCUT2D eigenvalue weighted by Crippen LogP contribution is 2.38. The maximum Gasteiger partial charge on any atom is 0.203 e. The van der Waals surface area contributed by atoms with Crippen LogP contribution in [0.2, 0.25) is 0 Å². The number of carbonyl (C=O) groups is 2. The Bertz CT molecular complexity index is 702. The van der Waals surface area contributed by atoms with E-state index in [1.807, 2.05) is 0 Å². The zero-order valence-corrected chi connectivity index (χ0v) is 13.9. The van der Waals surface area contributed by atoms with Crippen LogP contribution in [0.15, 0.2) is 36.7 Å². The monoisotopic (exact) mass is 329 g/mol. The average molecular weight is 329 g/mol. The van der Waals surface area contributed by atoms with Crippen molar-refractivity contribution in [2.24, 2.45) is 0 Å². The Morgan fingerprint density at radius 2 is 1.50 bits per heavy atom. The van der Waals surface area contributed by atoms with E-state index in [1.54, 1.807) is 30.5 Å². The molecule has 0 bridgehead atoms. The molecule has 0 aliphatic rings. The molecule has 0 aliphatic carbocycles. The predicted octanol–water partition coefficient (Wildman–Crippen LogP) is 2.95. The van der Waals surface area contributed by atoms with Crippen molar-refractivity contribution in [2.45, 2.75) is 12.8 Å². The smallest absolute Gasteiger partial charge is 0.203 e. The van der Waals surface area contributed by atoms with Crippen LogP contribution < -0.4 is 14.2 Å². The van der Waals surface area contributed by atoms with Crippen molar-refractivity contribution < 1.29 is 23.8 Å². The molecule has 126 valence electrons. The Morgan fingerprint density at radius 3 is 1.96 bits per heavy atom. The quantitative estimate of drug-likeness (QED) is 0.693. The number of rotatable bonds is 8. The van der Waals surface area contributed by atoms with Gasteiger partial charge in [0.15, 0.2) is 23.1 Å². The molecule has 0 saturated heterocycles. The summed E-state index contributed by atoms with van der Waals surface area (Å²) in [6.45, 7) is 0. The molecule has 2 aromatic rings. The van der Waals surface area contributed by atoms with E-state index in [0.717, 1.165) is 0 Å². The molecular formula is C18H19NO5.